The molecule has 2 aromatic carbocycles. The molecular formula is C53H72N8O19. The van der Waals surface area contributed by atoms with Crippen molar-refractivity contribution < 1.29 is 92.1 Å². The Hall–Kier alpha value is -7.53. The fourth-order valence-corrected chi connectivity index (χ4v) is 8.19. The van der Waals surface area contributed by atoms with Crippen molar-refractivity contribution in [2.75, 3.05) is 144 Å². The first-order valence-electron chi connectivity index (χ1n) is 26.0. The van der Waals surface area contributed by atoms with Crippen molar-refractivity contribution in [2.24, 2.45) is 5.92 Å². The van der Waals surface area contributed by atoms with E-state index in [4.69, 9.17) is 18.9 Å². The number of ketones is 2. The van der Waals surface area contributed by atoms with Gasteiger partial charge in [-0.1, -0.05) is 24.3 Å². The molecule has 438 valence electrons. The van der Waals surface area contributed by atoms with E-state index in [1.807, 2.05) is 4.90 Å². The average molecular weight is 1130 g/mol. The monoisotopic (exact) mass is 1120 g/mol. The minimum atomic E-state index is -1.20. The highest BCUT2D eigenvalue weighted by atomic mass is 16.5. The Bertz CT molecular complexity index is 2410. The Morgan fingerprint density at radius 2 is 1.10 bits per heavy atom. The van der Waals surface area contributed by atoms with E-state index < -0.39 is 65.8 Å². The molecule has 2 aliphatic rings. The maximum absolute atomic E-state index is 12.9. The number of carboxylic acids is 4. The van der Waals surface area contributed by atoms with Gasteiger partial charge in [0.15, 0.2) is 11.6 Å². The molecule has 4 rings (SSSR count). The van der Waals surface area contributed by atoms with Crippen LogP contribution in [0.1, 0.15) is 40.7 Å². The van der Waals surface area contributed by atoms with Crippen LogP contribution in [-0.2, 0) is 75.1 Å². The summed E-state index contributed by atoms with van der Waals surface area (Å²) in [5, 5.41) is 46.0. The number of nitrogens with one attached hydrogen (secondary N) is 3. The summed E-state index contributed by atoms with van der Waals surface area (Å²) in [5.74, 6) is -7.92. The van der Waals surface area contributed by atoms with Crippen LogP contribution in [0.3, 0.4) is 0 Å². The fourth-order valence-electron chi connectivity index (χ4n) is 8.19. The Labute approximate surface area is 462 Å². The number of nitrogens with zero attached hydrogens (tertiary/aromatic N) is 5. The lowest BCUT2D eigenvalue weighted by atomic mass is 9.94. The molecule has 7 N–H and O–H groups in total. The molecule has 27 heteroatoms. The van der Waals surface area contributed by atoms with Gasteiger partial charge in [0.2, 0.25) is 11.8 Å². The van der Waals surface area contributed by atoms with E-state index in [0.29, 0.717) is 36.4 Å². The number of amides is 5. The fraction of sp³-hybridized carbons (Fsp3) is 0.528. The van der Waals surface area contributed by atoms with Crippen LogP contribution in [-0.4, -0.2) is 254 Å². The largest absolute Gasteiger partial charge is 0.486 e. The van der Waals surface area contributed by atoms with Crippen LogP contribution in [0.2, 0.25) is 0 Å². The van der Waals surface area contributed by atoms with Gasteiger partial charge in [-0.3, -0.25) is 77.2 Å². The van der Waals surface area contributed by atoms with Crippen molar-refractivity contribution >= 4 is 65.0 Å². The lowest BCUT2D eigenvalue weighted by Gasteiger charge is -2.32. The van der Waals surface area contributed by atoms with E-state index in [1.165, 1.54) is 24.3 Å². The van der Waals surface area contributed by atoms with Gasteiger partial charge in [0.05, 0.1) is 71.7 Å². The van der Waals surface area contributed by atoms with Crippen molar-refractivity contribution in [2.45, 2.75) is 32.2 Å². The van der Waals surface area contributed by atoms with Crippen molar-refractivity contribution in [1.82, 2.24) is 40.4 Å². The molecular weight excluding hydrogens is 1050 g/mol. The Morgan fingerprint density at radius 3 is 1.65 bits per heavy atom. The highest BCUT2D eigenvalue weighted by molar-refractivity contribution is 6.12. The topological polar surface area (TPSA) is 358 Å². The lowest BCUT2D eigenvalue weighted by molar-refractivity contribution is -0.143. The quantitative estimate of drug-likeness (QED) is 0.0293. The van der Waals surface area contributed by atoms with Crippen molar-refractivity contribution in [3.05, 3.63) is 77.4 Å². The van der Waals surface area contributed by atoms with Crippen LogP contribution < -0.4 is 20.7 Å². The lowest BCUT2D eigenvalue weighted by Crippen LogP contribution is -2.50. The number of rotatable bonds is 36. The third-order valence-corrected chi connectivity index (χ3v) is 12.4. The van der Waals surface area contributed by atoms with Crippen molar-refractivity contribution in [3.63, 3.8) is 0 Å². The number of benzene rings is 2. The zero-order chi connectivity index (χ0) is 58.2. The van der Waals surface area contributed by atoms with Gasteiger partial charge < -0.3 is 55.3 Å². The van der Waals surface area contributed by atoms with Crippen LogP contribution in [0.4, 0.5) is 0 Å². The molecule has 80 heavy (non-hydrogen) atoms. The summed E-state index contributed by atoms with van der Waals surface area (Å²) >= 11 is 0. The van der Waals surface area contributed by atoms with E-state index >= 15 is 0 Å². The normalized spacial score (nSPS) is 15.3. The predicted molar refractivity (Wildman–Crippen MR) is 281 cm³/mol. The summed E-state index contributed by atoms with van der Waals surface area (Å²) in [5.41, 5.74) is 1.41. The Balaban J connectivity index is 1.04. The molecule has 0 bridgehead atoms. The number of Topliss-reactive ketones (excluding diaryl/α,β-unsaturated/α-hetero) is 2. The molecule has 1 saturated heterocycles. The number of carbonyl (C=O) groups is 11. The first kappa shape index (κ1) is 65.0. The first-order valence-corrected chi connectivity index (χ1v) is 26.0. The molecule has 0 aromatic heterocycles. The molecule has 2 aliphatic heterocycles. The SMILES string of the molecule is O=C(O)CN1CCN(CC(=O)O)CCN(CC(=O)NCCOCCOCCOCC(=O)NCc2cccc(C(=O)NCC(=O)C[C@@H](Cc3ccc(OCC(=O)CCCN4C(=O)C=CC4=O)cc3)C(=O)O)c2)CCN(CC(=O)O)CC1. The number of carbonyl (C=O) groups excluding carboxylic acids is 7. The Morgan fingerprint density at radius 1 is 0.562 bits per heavy atom. The maximum atomic E-state index is 12.9. The maximum Gasteiger partial charge on any atom is 0.317 e. The molecule has 2 heterocycles. The van der Waals surface area contributed by atoms with Crippen LogP contribution in [0, 0.1) is 5.92 Å². The summed E-state index contributed by atoms with van der Waals surface area (Å²) in [7, 11) is 0. The van der Waals surface area contributed by atoms with Crippen LogP contribution in [0.5, 0.6) is 5.75 Å². The first-order chi connectivity index (χ1) is 38.3. The highest BCUT2D eigenvalue weighted by Crippen LogP contribution is 2.18. The zero-order valence-corrected chi connectivity index (χ0v) is 44.6. The molecule has 0 spiro atoms. The number of imide groups is 1. The molecule has 1 fully saturated rings. The number of hydrogen-bond acceptors (Lipinski definition) is 19. The second kappa shape index (κ2) is 35.9. The number of aliphatic carboxylic acids is 4. The molecule has 27 nitrogen and oxygen atoms in total. The van der Waals surface area contributed by atoms with Crippen molar-refractivity contribution in [3.8, 4) is 5.75 Å². The van der Waals surface area contributed by atoms with E-state index in [9.17, 15) is 73.2 Å². The summed E-state index contributed by atoms with van der Waals surface area (Å²) in [4.78, 5) is 141. The van der Waals surface area contributed by atoms with Gasteiger partial charge in [0.25, 0.3) is 17.7 Å². The molecule has 5 amide bonds. The number of hydrogen-bond donors (Lipinski definition) is 7. The zero-order valence-electron chi connectivity index (χ0n) is 44.6. The van der Waals surface area contributed by atoms with E-state index in [1.54, 1.807) is 51.1 Å². The van der Waals surface area contributed by atoms with Crippen molar-refractivity contribution in [1.29, 1.82) is 0 Å². The Kier molecular flexibility index (Phi) is 29.1. The van der Waals surface area contributed by atoms with Gasteiger partial charge in [-0.25, -0.2) is 0 Å². The van der Waals surface area contributed by atoms with E-state index in [-0.39, 0.29) is 168 Å². The molecule has 0 aliphatic carbocycles. The second-order valence-electron chi connectivity index (χ2n) is 18.8. The summed E-state index contributed by atoms with van der Waals surface area (Å²) in [6.07, 6.45) is 2.41. The third kappa shape index (κ3) is 26.9. The van der Waals surface area contributed by atoms with Gasteiger partial charge >= 0.3 is 23.9 Å². The smallest absolute Gasteiger partial charge is 0.317 e. The second-order valence-corrected chi connectivity index (χ2v) is 18.8. The molecule has 1 atom stereocenters. The average Bonchev–Trinajstić information content (AvgIpc) is 3.73. The van der Waals surface area contributed by atoms with E-state index in [2.05, 4.69) is 16.0 Å². The minimum absolute atomic E-state index is 0.0157. The summed E-state index contributed by atoms with van der Waals surface area (Å²) in [6, 6.07) is 12.8. The van der Waals surface area contributed by atoms with Gasteiger partial charge in [-0.05, 0) is 48.2 Å². The summed E-state index contributed by atoms with van der Waals surface area (Å²) in [6.45, 7) is 1.77. The van der Waals surface area contributed by atoms with Crippen LogP contribution in [0.15, 0.2) is 60.7 Å². The molecule has 0 saturated carbocycles. The van der Waals surface area contributed by atoms with Gasteiger partial charge in [-0.2, -0.15) is 0 Å². The van der Waals surface area contributed by atoms with E-state index in [0.717, 1.165) is 4.90 Å². The number of ether oxygens (including phenoxy) is 4. The minimum Gasteiger partial charge on any atom is -0.486 e. The molecule has 0 radical (unpaired) electrons. The molecule has 2 aromatic rings. The van der Waals surface area contributed by atoms with Crippen LogP contribution >= 0.6 is 0 Å². The van der Waals surface area contributed by atoms with Gasteiger partial charge in [0.1, 0.15) is 19.0 Å². The van der Waals surface area contributed by atoms with Gasteiger partial charge in [0, 0.05) is 103 Å². The van der Waals surface area contributed by atoms with Gasteiger partial charge in [-0.15, -0.1) is 0 Å². The standard InChI is InChI=1S/C53H72N8O19/c62-42(5-2-13-61-47(66)10-11-48(61)67)36-80-44-8-6-38(7-9-44)27-41(53(75)76)29-43(63)31-56-52(74)40-4-1-3-39(28-40)30-55-46(65)37-79-26-25-78-24-23-77-22-12-54-45(64)32-57-14-16-58(33-49(68)69)18-20-60(35-51(72)73)21-19-59(17-15-57)34-50(70)71/h1,3-4,6-11,28,41H,2,5,12-27,29-37H2,(H,54,64)(H,55,65)(H,56,74)(H,68,69)(H,70,71)(H,72,73)(H,75,76)/t41-/m1/s1. The third-order valence-electron chi connectivity index (χ3n) is 12.4. The summed E-state index contributed by atoms with van der Waals surface area (Å²) < 4.78 is 21.9. The van der Waals surface area contributed by atoms with Crippen LogP contribution in [0.25, 0.3) is 0 Å². The highest BCUT2D eigenvalue weighted by Gasteiger charge is 2.25. The molecule has 0 unspecified atom stereocenters. The predicted octanol–water partition coefficient (Wildman–Crippen LogP) is -1.77. The number of carboxylic acid groups (broad SMARTS) is 4.